The van der Waals surface area contributed by atoms with Crippen LogP contribution in [0, 0.1) is 12.3 Å². The van der Waals surface area contributed by atoms with Gasteiger partial charge in [0.15, 0.2) is 10.9 Å². The summed E-state index contributed by atoms with van der Waals surface area (Å²) in [6.45, 7) is 0. The molecule has 1 rings (SSSR count). The molecule has 50 valence electrons. The first kappa shape index (κ1) is 6.91. The maximum Gasteiger partial charge on any atom is 0.172 e. The van der Waals surface area contributed by atoms with Crippen molar-refractivity contribution in [2.75, 3.05) is 0 Å². The molecule has 0 amide bonds. The summed E-state index contributed by atoms with van der Waals surface area (Å²) < 4.78 is 0. The molecule has 3 heteroatoms. The Morgan fingerprint density at radius 1 is 1.60 bits per heavy atom. The number of nitrogens with zero attached hydrogens (tertiary/aromatic N) is 1. The van der Waals surface area contributed by atoms with Crippen LogP contribution in [-0.2, 0) is 0 Å². The van der Waals surface area contributed by atoms with E-state index in [0.29, 0.717) is 5.69 Å². The number of pyridine rings is 1. The van der Waals surface area contributed by atoms with Crippen LogP contribution in [0.25, 0.3) is 0 Å². The molecule has 10 heavy (non-hydrogen) atoms. The molecule has 1 aromatic rings. The Balaban J connectivity index is 3.20. The Morgan fingerprint density at radius 2 is 2.30 bits per heavy atom. The molecule has 0 aliphatic rings. The van der Waals surface area contributed by atoms with Crippen molar-refractivity contribution in [2.24, 2.45) is 0 Å². The fourth-order valence-corrected chi connectivity index (χ4v) is 0.661. The molecule has 1 aromatic heterocycles. The number of halogens is 1. The molecule has 0 unspecified atom stereocenters. The lowest BCUT2D eigenvalue weighted by Gasteiger charge is -1.93. The molecular formula is C7H4ClNO. The van der Waals surface area contributed by atoms with E-state index in [4.69, 9.17) is 23.1 Å². The summed E-state index contributed by atoms with van der Waals surface area (Å²) in [6.07, 6.45) is 5.02. The predicted octanol–water partition coefficient (Wildman–Crippen LogP) is 1.42. The van der Waals surface area contributed by atoms with Gasteiger partial charge in [0.1, 0.15) is 5.69 Å². The highest BCUT2D eigenvalue weighted by molar-refractivity contribution is 6.30. The van der Waals surface area contributed by atoms with E-state index >= 15 is 0 Å². The lowest BCUT2D eigenvalue weighted by molar-refractivity contribution is 0.473. The van der Waals surface area contributed by atoms with Crippen molar-refractivity contribution in [3.63, 3.8) is 0 Å². The van der Waals surface area contributed by atoms with Gasteiger partial charge in [-0.05, 0) is 12.1 Å². The van der Waals surface area contributed by atoms with Gasteiger partial charge in [-0.3, -0.25) is 0 Å². The number of hydrogen-bond donors (Lipinski definition) is 1. The molecule has 0 radical (unpaired) electrons. The van der Waals surface area contributed by atoms with Gasteiger partial charge < -0.3 is 5.11 Å². The first-order valence-electron chi connectivity index (χ1n) is 2.56. The van der Waals surface area contributed by atoms with Gasteiger partial charge in [-0.25, -0.2) is 4.98 Å². The molecule has 2 nitrogen and oxygen atoms in total. The molecule has 0 fully saturated rings. The largest absolute Gasteiger partial charge is 0.505 e. The maximum atomic E-state index is 8.88. The van der Waals surface area contributed by atoms with E-state index in [2.05, 4.69) is 10.9 Å². The smallest absolute Gasteiger partial charge is 0.172 e. The maximum absolute atomic E-state index is 8.88. The monoisotopic (exact) mass is 153 g/mol. The third-order valence-electron chi connectivity index (χ3n) is 0.977. The van der Waals surface area contributed by atoms with Crippen LogP contribution in [0.15, 0.2) is 12.1 Å². The zero-order valence-corrected chi connectivity index (χ0v) is 5.76. The van der Waals surface area contributed by atoms with E-state index in [-0.39, 0.29) is 10.9 Å². The number of hydrogen-bond acceptors (Lipinski definition) is 2. The zero-order valence-electron chi connectivity index (χ0n) is 5.00. The number of terminal acetylenes is 1. The number of rotatable bonds is 0. The molecule has 1 heterocycles. The molecule has 0 saturated carbocycles. The SMILES string of the molecule is C#Cc1ccc(O)c(Cl)n1. The fourth-order valence-electron chi connectivity index (χ4n) is 0.507. The summed E-state index contributed by atoms with van der Waals surface area (Å²) in [5.74, 6) is 2.23. The molecule has 0 aromatic carbocycles. The minimum Gasteiger partial charge on any atom is -0.505 e. The highest BCUT2D eigenvalue weighted by Gasteiger charge is 1.97. The van der Waals surface area contributed by atoms with Crippen LogP contribution in [0.4, 0.5) is 0 Å². The average molecular weight is 154 g/mol. The van der Waals surface area contributed by atoms with E-state index in [1.165, 1.54) is 12.1 Å². The molecule has 0 aliphatic heterocycles. The molecule has 0 bridgehead atoms. The average Bonchev–Trinajstić information content (AvgIpc) is 1.95. The first-order valence-corrected chi connectivity index (χ1v) is 2.94. The molecule has 1 N–H and O–H groups in total. The topological polar surface area (TPSA) is 33.1 Å². The summed E-state index contributed by atoms with van der Waals surface area (Å²) in [4.78, 5) is 3.67. The van der Waals surface area contributed by atoms with E-state index in [1.54, 1.807) is 0 Å². The van der Waals surface area contributed by atoms with Crippen molar-refractivity contribution in [1.82, 2.24) is 4.98 Å². The van der Waals surface area contributed by atoms with Crippen LogP contribution < -0.4 is 0 Å². The molecule has 0 aliphatic carbocycles. The minimum absolute atomic E-state index is 0.0375. The van der Waals surface area contributed by atoms with Gasteiger partial charge >= 0.3 is 0 Å². The number of aromatic nitrogens is 1. The minimum atomic E-state index is -0.0549. The summed E-state index contributed by atoms with van der Waals surface area (Å²) in [5, 5.41) is 8.91. The molecule has 0 saturated heterocycles. The van der Waals surface area contributed by atoms with Gasteiger partial charge in [0.05, 0.1) is 0 Å². The van der Waals surface area contributed by atoms with Crippen molar-refractivity contribution in [2.45, 2.75) is 0 Å². The van der Waals surface area contributed by atoms with E-state index in [0.717, 1.165) is 0 Å². The Labute approximate surface area is 63.5 Å². The van der Waals surface area contributed by atoms with E-state index < -0.39 is 0 Å². The Bertz CT molecular complexity index is 290. The van der Waals surface area contributed by atoms with Crippen molar-refractivity contribution >= 4 is 11.6 Å². The third-order valence-corrected chi connectivity index (χ3v) is 1.26. The summed E-state index contributed by atoms with van der Waals surface area (Å²) in [5.41, 5.74) is 0.419. The predicted molar refractivity (Wildman–Crippen MR) is 38.8 cm³/mol. The Morgan fingerprint density at radius 3 is 2.80 bits per heavy atom. The van der Waals surface area contributed by atoms with Crippen LogP contribution in [-0.4, -0.2) is 10.1 Å². The third kappa shape index (κ3) is 1.20. The fraction of sp³-hybridized carbons (Fsp3) is 0. The van der Waals surface area contributed by atoms with Crippen LogP contribution in [0.5, 0.6) is 5.75 Å². The molecular weight excluding hydrogens is 150 g/mol. The van der Waals surface area contributed by atoms with E-state index in [9.17, 15) is 0 Å². The highest BCUT2D eigenvalue weighted by Crippen LogP contribution is 2.19. The highest BCUT2D eigenvalue weighted by atomic mass is 35.5. The second kappa shape index (κ2) is 2.59. The lowest BCUT2D eigenvalue weighted by Crippen LogP contribution is -1.81. The van der Waals surface area contributed by atoms with Gasteiger partial charge in [-0.2, -0.15) is 0 Å². The first-order chi connectivity index (χ1) is 4.74. The van der Waals surface area contributed by atoms with Gasteiger partial charge in [0.2, 0.25) is 0 Å². The van der Waals surface area contributed by atoms with Gasteiger partial charge in [0, 0.05) is 0 Å². The Hall–Kier alpha value is -1.20. The molecule has 0 atom stereocenters. The van der Waals surface area contributed by atoms with Crippen molar-refractivity contribution in [1.29, 1.82) is 0 Å². The second-order valence-corrected chi connectivity index (χ2v) is 2.01. The quantitative estimate of drug-likeness (QED) is 0.452. The second-order valence-electron chi connectivity index (χ2n) is 1.65. The summed E-state index contributed by atoms with van der Waals surface area (Å²) in [7, 11) is 0. The van der Waals surface area contributed by atoms with Crippen LogP contribution in [0.1, 0.15) is 5.69 Å². The lowest BCUT2D eigenvalue weighted by atomic mass is 10.3. The van der Waals surface area contributed by atoms with Crippen molar-refractivity contribution in [3.05, 3.63) is 23.0 Å². The van der Waals surface area contributed by atoms with E-state index in [1.807, 2.05) is 0 Å². The van der Waals surface area contributed by atoms with Crippen LogP contribution >= 0.6 is 11.6 Å². The number of aromatic hydroxyl groups is 1. The summed E-state index contributed by atoms with van der Waals surface area (Å²) >= 11 is 5.44. The van der Waals surface area contributed by atoms with Crippen molar-refractivity contribution in [3.8, 4) is 18.1 Å². The van der Waals surface area contributed by atoms with Gasteiger partial charge in [-0.15, -0.1) is 6.42 Å². The van der Waals surface area contributed by atoms with Crippen molar-refractivity contribution < 1.29 is 5.11 Å². The van der Waals surface area contributed by atoms with Gasteiger partial charge in [0.25, 0.3) is 0 Å². The standard InChI is InChI=1S/C7H4ClNO/c1-2-5-3-4-6(10)7(8)9-5/h1,3-4,10H. The molecule has 0 spiro atoms. The Kier molecular flexibility index (Phi) is 1.79. The van der Waals surface area contributed by atoms with Gasteiger partial charge in [-0.1, -0.05) is 17.5 Å². The zero-order chi connectivity index (χ0) is 7.56. The normalized spacial score (nSPS) is 8.80. The van der Waals surface area contributed by atoms with Crippen LogP contribution in [0.2, 0.25) is 5.15 Å². The van der Waals surface area contributed by atoms with Crippen LogP contribution in [0.3, 0.4) is 0 Å². The summed E-state index contributed by atoms with van der Waals surface area (Å²) in [6, 6.07) is 2.92.